The van der Waals surface area contributed by atoms with Gasteiger partial charge in [-0.1, -0.05) is 212 Å². The highest BCUT2D eigenvalue weighted by Gasteiger charge is 2.52. The molecule has 530 valence electrons. The van der Waals surface area contributed by atoms with Crippen molar-refractivity contribution in [3.63, 3.8) is 0 Å². The second-order valence-electron chi connectivity index (χ2n) is 28.2. The van der Waals surface area contributed by atoms with Gasteiger partial charge in [0.05, 0.1) is 56.0 Å². The van der Waals surface area contributed by atoms with Crippen molar-refractivity contribution in [2.45, 2.75) is 38.9 Å². The number of hydrogen-bond donors (Lipinski definition) is 0. The summed E-state index contributed by atoms with van der Waals surface area (Å²) >= 11 is 3.44. The minimum atomic E-state index is -0.403. The van der Waals surface area contributed by atoms with E-state index in [2.05, 4.69) is 383 Å². The molecule has 1 aliphatic rings. The van der Waals surface area contributed by atoms with Crippen LogP contribution < -0.4 is 15.3 Å². The zero-order valence-corrected chi connectivity index (χ0v) is 62.9. The van der Waals surface area contributed by atoms with Crippen molar-refractivity contribution in [1.29, 1.82) is 0 Å². The average molecular weight is 1490 g/mol. The maximum atomic E-state index is 6.15. The van der Waals surface area contributed by atoms with Gasteiger partial charge in [-0.15, -0.1) is 0 Å². The Hall–Kier alpha value is -13.1. The lowest BCUT2D eigenvalue weighted by atomic mass is 9.80. The zero-order chi connectivity index (χ0) is 74.6. The normalized spacial score (nSPS) is 12.8. The Morgan fingerprint density at radius 1 is 0.264 bits per heavy atom. The van der Waals surface area contributed by atoms with Crippen molar-refractivity contribution < 1.29 is 9.31 Å². The number of nitrogens with zero attached hydrogens (tertiary/aromatic N) is 8. The molecule has 0 atom stereocenters. The number of fused-ring (bicyclic) bond motifs is 6. The van der Waals surface area contributed by atoms with Crippen LogP contribution in [-0.2, 0) is 9.31 Å². The number of aromatic nitrogens is 6. The number of para-hydroxylation sites is 8. The van der Waals surface area contributed by atoms with E-state index in [0.717, 1.165) is 112 Å². The lowest BCUT2D eigenvalue weighted by Crippen LogP contribution is -2.41. The fourth-order valence-electron chi connectivity index (χ4n) is 14.4. The van der Waals surface area contributed by atoms with Crippen LogP contribution >= 0.6 is 15.9 Å². The van der Waals surface area contributed by atoms with E-state index in [0.29, 0.717) is 0 Å². The molecule has 0 unspecified atom stereocenters. The van der Waals surface area contributed by atoms with Crippen LogP contribution in [-0.4, -0.2) is 47.4 Å². The highest BCUT2D eigenvalue weighted by Crippen LogP contribution is 2.41. The molecule has 110 heavy (non-hydrogen) atoms. The van der Waals surface area contributed by atoms with Crippen LogP contribution in [0.5, 0.6) is 0 Å². The maximum Gasteiger partial charge on any atom is 0.496 e. The third kappa shape index (κ3) is 14.3. The van der Waals surface area contributed by atoms with Crippen LogP contribution in [0.15, 0.2) is 393 Å². The average Bonchev–Trinajstić information content (AvgIpc) is 1.60. The minimum Gasteiger partial charge on any atom is -0.399 e. The molecular weight excluding hydrogens is 1410 g/mol. The lowest BCUT2D eigenvalue weighted by molar-refractivity contribution is 0.00578. The van der Waals surface area contributed by atoms with E-state index in [9.17, 15) is 0 Å². The van der Waals surface area contributed by atoms with Gasteiger partial charge in [0.15, 0.2) is 0 Å². The SMILES string of the molecule is Brc1ccc(-c2ccc(-n3c4ccccc4c4ccccc43)cc2)nc1.CC1(C)OB(c2ccc(-c3ccc(N(c4ccccc4)c4ccccc4)cc3)nc2)OC1(C)C.c1ccc(N(c2ccccc2)c2ccc(-c3ccc(-c4ccc(-c5ccc(-n6c7ccccc7c7ccccc76)cc5)nc4)cn3)cc2)cc1. The maximum absolute atomic E-state index is 6.15. The summed E-state index contributed by atoms with van der Waals surface area (Å²) in [7, 11) is -0.403. The fraction of sp³-hybridized carbons (Fsp3) is 0.0612. The Morgan fingerprint density at radius 2 is 0.527 bits per heavy atom. The van der Waals surface area contributed by atoms with Gasteiger partial charge >= 0.3 is 7.12 Å². The predicted molar refractivity (Wildman–Crippen MR) is 459 cm³/mol. The third-order valence-electron chi connectivity index (χ3n) is 20.8. The standard InChI is InChI=1S/C46H32N4.C29H29BN2O2.C23H15BrN2/c1-3-11-37(12-4-1)49(38-13-5-2-6-14-38)39-25-19-33(20-26-39)43-29-23-35(31-47-43)36-24-30-44(48-32-36)34-21-27-40(28-22-34)50-45-17-9-7-15-41(45)42-16-8-10-18-46(42)50;1-28(2)29(3,4)34-30(33-28)23-17-20-27(31-21-23)22-15-18-26(19-16-22)32(24-11-7-5-8-12-24)25-13-9-6-10-14-25;24-17-11-14-21(25-15-17)16-9-12-18(13-10-16)26-22-7-3-1-5-19(22)20-6-2-4-8-23(20)26/h1-32H;5-21H,1-4H3;1-15H. The Balaban J connectivity index is 0.000000128. The van der Waals surface area contributed by atoms with E-state index >= 15 is 0 Å². The van der Waals surface area contributed by atoms with E-state index in [1.165, 1.54) is 43.6 Å². The predicted octanol–water partition coefficient (Wildman–Crippen LogP) is 25.2. The summed E-state index contributed by atoms with van der Waals surface area (Å²) in [5.74, 6) is 0. The molecule has 6 aromatic heterocycles. The molecule has 0 saturated carbocycles. The van der Waals surface area contributed by atoms with Crippen molar-refractivity contribution in [1.82, 2.24) is 29.1 Å². The molecule has 10 nitrogen and oxygen atoms in total. The Bertz CT molecular complexity index is 5970. The molecule has 0 spiro atoms. The van der Waals surface area contributed by atoms with Crippen molar-refractivity contribution in [3.8, 4) is 67.5 Å². The quantitative estimate of drug-likeness (QED) is 0.0996. The van der Waals surface area contributed by atoms with E-state index in [4.69, 9.17) is 24.3 Å². The summed E-state index contributed by atoms with van der Waals surface area (Å²) in [5.41, 5.74) is 24.1. The molecule has 1 aliphatic heterocycles. The van der Waals surface area contributed by atoms with Crippen LogP contribution in [0.4, 0.5) is 34.1 Å². The first-order valence-electron chi connectivity index (χ1n) is 37.0. The number of hydrogen-bond acceptors (Lipinski definition) is 8. The van der Waals surface area contributed by atoms with E-state index in [1.807, 2.05) is 73.3 Å². The second kappa shape index (κ2) is 30.6. The number of rotatable bonds is 14. The first kappa shape index (κ1) is 69.9. The topological polar surface area (TPSA) is 86.4 Å². The monoisotopic (exact) mass is 1490 g/mol. The lowest BCUT2D eigenvalue weighted by Gasteiger charge is -2.32. The van der Waals surface area contributed by atoms with Crippen LogP contribution in [0.1, 0.15) is 27.7 Å². The summed E-state index contributed by atoms with van der Waals surface area (Å²) in [6, 6.07) is 127. The molecule has 0 radical (unpaired) electrons. The highest BCUT2D eigenvalue weighted by atomic mass is 79.9. The smallest absolute Gasteiger partial charge is 0.399 e. The van der Waals surface area contributed by atoms with Crippen LogP contribution in [0.25, 0.3) is 111 Å². The largest absolute Gasteiger partial charge is 0.496 e. The van der Waals surface area contributed by atoms with E-state index < -0.39 is 7.12 Å². The third-order valence-corrected chi connectivity index (χ3v) is 21.3. The molecular formula is C98H76BBrN8O2. The molecule has 12 aromatic carbocycles. The molecule has 12 heteroatoms. The molecule has 0 amide bonds. The van der Waals surface area contributed by atoms with E-state index in [1.54, 1.807) is 0 Å². The number of anilines is 6. The zero-order valence-electron chi connectivity index (χ0n) is 61.3. The molecule has 19 rings (SSSR count). The van der Waals surface area contributed by atoms with Gasteiger partial charge in [0.2, 0.25) is 0 Å². The van der Waals surface area contributed by atoms with Gasteiger partial charge in [-0.25, -0.2) is 0 Å². The van der Waals surface area contributed by atoms with E-state index in [-0.39, 0.29) is 11.2 Å². The van der Waals surface area contributed by atoms with Crippen molar-refractivity contribution >= 4 is 106 Å². The first-order chi connectivity index (χ1) is 53.9. The van der Waals surface area contributed by atoms with Gasteiger partial charge in [0.1, 0.15) is 0 Å². The van der Waals surface area contributed by atoms with Gasteiger partial charge < -0.3 is 28.2 Å². The van der Waals surface area contributed by atoms with Crippen LogP contribution in [0, 0.1) is 0 Å². The van der Waals surface area contributed by atoms with Crippen LogP contribution in [0.3, 0.4) is 0 Å². The molecule has 1 fully saturated rings. The fourth-order valence-corrected chi connectivity index (χ4v) is 14.7. The van der Waals surface area contributed by atoms with Gasteiger partial charge in [0.25, 0.3) is 0 Å². The number of halogens is 1. The molecule has 18 aromatic rings. The summed E-state index contributed by atoms with van der Waals surface area (Å²) in [5, 5.41) is 5.08. The van der Waals surface area contributed by atoms with Crippen molar-refractivity contribution in [3.05, 3.63) is 393 Å². The first-order valence-corrected chi connectivity index (χ1v) is 37.8. The second-order valence-corrected chi connectivity index (χ2v) is 29.1. The Morgan fingerprint density at radius 3 is 0.818 bits per heavy atom. The minimum absolute atomic E-state index is 0.366. The highest BCUT2D eigenvalue weighted by molar-refractivity contribution is 9.10. The molecule has 0 aliphatic carbocycles. The van der Waals surface area contributed by atoms with Crippen molar-refractivity contribution in [2.24, 2.45) is 0 Å². The number of benzene rings is 12. The molecule has 0 bridgehead atoms. The summed E-state index contributed by atoms with van der Waals surface area (Å²) in [6.07, 6.45) is 7.55. The molecule has 0 N–H and O–H groups in total. The van der Waals surface area contributed by atoms with Crippen molar-refractivity contribution in [2.75, 3.05) is 9.80 Å². The summed E-state index contributed by atoms with van der Waals surface area (Å²) in [4.78, 5) is 23.4. The van der Waals surface area contributed by atoms with Gasteiger partial charge in [0, 0.05) is 135 Å². The van der Waals surface area contributed by atoms with Gasteiger partial charge in [-0.2, -0.15) is 0 Å². The Labute approximate surface area is 649 Å². The van der Waals surface area contributed by atoms with Crippen LogP contribution in [0.2, 0.25) is 0 Å². The van der Waals surface area contributed by atoms with Gasteiger partial charge in [-0.05, 0) is 195 Å². The molecule has 7 heterocycles. The van der Waals surface area contributed by atoms with Gasteiger partial charge in [-0.3, -0.25) is 19.9 Å². The molecule has 1 saturated heterocycles. The summed E-state index contributed by atoms with van der Waals surface area (Å²) in [6.45, 7) is 8.24. The number of pyridine rings is 4. The Kier molecular flexibility index (Phi) is 19.5. The summed E-state index contributed by atoms with van der Waals surface area (Å²) < 4.78 is 18.0.